The van der Waals surface area contributed by atoms with Crippen molar-refractivity contribution < 1.29 is 139 Å². The number of carbonyl (C=O) groups is 6. The molecule has 9 aromatic carbocycles. The van der Waals surface area contributed by atoms with Gasteiger partial charge >= 0.3 is 42.2 Å². The summed E-state index contributed by atoms with van der Waals surface area (Å²) in [5, 5.41) is 64.4. The van der Waals surface area contributed by atoms with Gasteiger partial charge in [0.15, 0.2) is 41.0 Å². The maximum Gasteiger partial charge on any atom is 0.336 e. The smallest absolute Gasteiger partial charge is 0.336 e. The first kappa shape index (κ1) is 96.2. The van der Waals surface area contributed by atoms with Crippen LogP contribution in [0, 0.1) is 0 Å². The van der Waals surface area contributed by atoms with E-state index in [1.54, 1.807) is 173 Å². The highest BCUT2D eigenvalue weighted by molar-refractivity contribution is 5.96. The van der Waals surface area contributed by atoms with Gasteiger partial charge in [-0.25, -0.2) is 33.8 Å². The predicted octanol–water partition coefficient (Wildman–Crippen LogP) is 17.8. The van der Waals surface area contributed by atoms with Crippen molar-refractivity contribution in [3.63, 3.8) is 0 Å². The fourth-order valence-electron chi connectivity index (χ4n) is 15.3. The van der Waals surface area contributed by atoms with Crippen LogP contribution in [0.5, 0.6) is 86.2 Å². The molecule has 0 radical (unpaired) electrons. The fraction of sp³-hybridized carbons (Fsp3) is 0.265. The number of fused-ring (bicyclic) bond motifs is 3. The molecule has 0 unspecified atom stereocenters. The Morgan fingerprint density at radius 3 is 1.27 bits per heavy atom. The lowest BCUT2D eigenvalue weighted by Gasteiger charge is -2.18. The number of ether oxygens (including phenoxy) is 15. The van der Waals surface area contributed by atoms with Crippen LogP contribution in [-0.4, -0.2) is 149 Å². The Morgan fingerprint density at radius 2 is 0.830 bits per heavy atom. The molecule has 6 N–H and O–H groups in total. The highest BCUT2D eigenvalue weighted by Crippen LogP contribution is 2.45. The largest absolute Gasteiger partial charge is 0.497 e. The molecule has 3 aliphatic rings. The van der Waals surface area contributed by atoms with Crippen molar-refractivity contribution in [3.05, 3.63) is 272 Å². The van der Waals surface area contributed by atoms with Crippen molar-refractivity contribution in [2.24, 2.45) is 0 Å². The van der Waals surface area contributed by atoms with E-state index in [1.165, 1.54) is 52.7 Å². The summed E-state index contributed by atoms with van der Waals surface area (Å²) in [4.78, 5) is 77.8. The first-order chi connectivity index (χ1) is 65.5. The summed E-state index contributed by atoms with van der Waals surface area (Å²) in [7, 11) is 9.16. The number of nitrogens with zero attached hydrogens (tertiary/aromatic N) is 5. The first-order valence-corrected chi connectivity index (χ1v) is 43.2. The van der Waals surface area contributed by atoms with E-state index in [0.717, 1.165) is 44.3 Å². The van der Waals surface area contributed by atoms with E-state index < -0.39 is 35.8 Å². The van der Waals surface area contributed by atoms with Gasteiger partial charge in [-0.1, -0.05) is 94.6 Å². The molecule has 0 fully saturated rings. The highest BCUT2D eigenvalue weighted by atomic mass is 16.7. The predicted molar refractivity (Wildman–Crippen MR) is 492 cm³/mol. The molecule has 6 heterocycles. The third kappa shape index (κ3) is 23.3. The Hall–Kier alpha value is -16.4. The van der Waals surface area contributed by atoms with Gasteiger partial charge in [-0.15, -0.1) is 0 Å². The van der Waals surface area contributed by atoms with E-state index in [9.17, 15) is 59.4 Å². The van der Waals surface area contributed by atoms with Crippen LogP contribution in [-0.2, 0) is 73.0 Å². The quantitative estimate of drug-likeness (QED) is 0.0153. The summed E-state index contributed by atoms with van der Waals surface area (Å²) in [6.45, 7) is 7.61. The maximum absolute atomic E-state index is 12.6. The van der Waals surface area contributed by atoms with Gasteiger partial charge in [0.25, 0.3) is 5.69 Å². The zero-order chi connectivity index (χ0) is 95.8. The second-order valence-corrected chi connectivity index (χ2v) is 30.9. The lowest BCUT2D eigenvalue weighted by atomic mass is 9.99. The number of carboxylic acid groups (broad SMARTS) is 6. The molecule has 33 heteroatoms. The van der Waals surface area contributed by atoms with Crippen LogP contribution in [0.1, 0.15) is 147 Å². The van der Waals surface area contributed by atoms with E-state index in [-0.39, 0.29) is 92.9 Å². The molecule has 3 aliphatic heterocycles. The van der Waals surface area contributed by atoms with Crippen molar-refractivity contribution in [3.8, 4) is 114 Å². The van der Waals surface area contributed by atoms with Crippen LogP contribution in [0.3, 0.4) is 0 Å². The Bertz CT molecular complexity index is 5830. The van der Waals surface area contributed by atoms with E-state index in [4.69, 9.17) is 75.5 Å². The van der Waals surface area contributed by atoms with Gasteiger partial charge < -0.3 is 106 Å². The van der Waals surface area contributed by atoms with Gasteiger partial charge in [0.2, 0.25) is 26.1 Å². The number of methoxy groups -OCH3 is 6. The lowest BCUT2D eigenvalue weighted by molar-refractivity contribution is -0.690. The number of hydrogen-bond donors (Lipinski definition) is 6. The van der Waals surface area contributed by atoms with Crippen molar-refractivity contribution in [2.45, 2.75) is 118 Å². The summed E-state index contributed by atoms with van der Waals surface area (Å²) in [6.07, 6.45) is 15.6. The maximum atomic E-state index is 12.6. The molecule has 0 bridgehead atoms. The highest BCUT2D eigenvalue weighted by Gasteiger charge is 2.32. The molecule has 135 heavy (non-hydrogen) atoms. The number of imidazole rings is 1. The SMILES string of the molecule is CCCC[n+]1coc(/C=C(\Cc2cc3c(cc2OC)OCO3)C(=O)O)c1-c1ccc(OC)cc1OCc1ccccc1C(=O)O.CCCCc1ncc(/C=C(\Cc2cc3c(cc2OC)OCO3)C(=O)O)n1-c1ccc(OC)cc1OCc1ccccc1C(=O)O.CCCCn1ncc(/C=C(\Cc2cc3c(cc2OC)OCO3)C(=O)O)c1-c1ccc(OC)cc1OCc1ccccc1C(=O)O. The third-order valence-electron chi connectivity index (χ3n) is 22.2. The fourth-order valence-corrected chi connectivity index (χ4v) is 15.3. The number of aromatic nitrogens is 5. The number of aliphatic carboxylic acids is 3. The van der Waals surface area contributed by atoms with E-state index in [1.807, 2.05) is 32.0 Å². The molecule has 0 saturated heterocycles. The number of rotatable bonds is 42. The zero-order valence-corrected chi connectivity index (χ0v) is 75.7. The number of oxazole rings is 1. The minimum atomic E-state index is -1.13. The number of hydrogen-bond acceptors (Lipinski definition) is 24. The zero-order valence-electron chi connectivity index (χ0n) is 75.7. The molecule has 0 atom stereocenters. The van der Waals surface area contributed by atoms with Crippen LogP contribution < -0.4 is 75.6 Å². The van der Waals surface area contributed by atoms with Gasteiger partial charge in [-0.2, -0.15) is 9.67 Å². The summed E-state index contributed by atoms with van der Waals surface area (Å²) in [6, 6.07) is 46.1. The summed E-state index contributed by atoms with van der Waals surface area (Å²) in [5.41, 5.74) is 8.25. The second-order valence-electron chi connectivity index (χ2n) is 30.9. The van der Waals surface area contributed by atoms with Gasteiger partial charge in [0.1, 0.15) is 77.4 Å². The second kappa shape index (κ2) is 45.5. The Balaban J connectivity index is 0.000000171. The van der Waals surface area contributed by atoms with Crippen molar-refractivity contribution in [1.82, 2.24) is 19.3 Å². The number of aryl methyl sites for hydroxylation is 3. The van der Waals surface area contributed by atoms with Crippen LogP contribution >= 0.6 is 0 Å². The molecule has 0 saturated carbocycles. The summed E-state index contributed by atoms with van der Waals surface area (Å²) < 4.78 is 96.2. The van der Waals surface area contributed by atoms with Crippen molar-refractivity contribution in [2.75, 3.05) is 63.0 Å². The Labute approximate surface area is 776 Å². The number of aromatic carboxylic acids is 3. The average Bonchev–Trinajstić information content (AvgIpc) is 1.68. The van der Waals surface area contributed by atoms with Crippen LogP contribution in [0.2, 0.25) is 0 Å². The topological polar surface area (TPSA) is 415 Å². The minimum absolute atomic E-state index is 0.0127. The van der Waals surface area contributed by atoms with Gasteiger partial charge in [0, 0.05) is 136 Å². The molecule has 702 valence electrons. The van der Waals surface area contributed by atoms with E-state index >= 15 is 0 Å². The van der Waals surface area contributed by atoms with Gasteiger partial charge in [-0.3, -0.25) is 9.25 Å². The molecule has 3 aromatic heterocycles. The molecule has 0 amide bonds. The average molecular weight is 1850 g/mol. The van der Waals surface area contributed by atoms with Crippen LogP contribution in [0.4, 0.5) is 0 Å². The van der Waals surface area contributed by atoms with Gasteiger partial charge in [-0.05, 0) is 104 Å². The van der Waals surface area contributed by atoms with Crippen molar-refractivity contribution >= 4 is 54.0 Å². The molecule has 0 aliphatic carbocycles. The van der Waals surface area contributed by atoms with Crippen LogP contribution in [0.25, 0.3) is 46.4 Å². The van der Waals surface area contributed by atoms with E-state index in [2.05, 4.69) is 30.9 Å². The van der Waals surface area contributed by atoms with Crippen molar-refractivity contribution in [1.29, 1.82) is 0 Å². The Morgan fingerprint density at radius 1 is 0.422 bits per heavy atom. The number of unbranched alkanes of at least 4 members (excludes halogenated alkanes) is 3. The number of carboxylic acids is 6. The summed E-state index contributed by atoms with van der Waals surface area (Å²) in [5.74, 6) is 1.97. The standard InChI is InChI=1S/2C34H34N2O9.C34H33NO10/c1-4-5-12-36-32(27-11-10-25(41-2)16-29(27)43-19-21-8-6-7-9-26(21)34(39)40)24(18-35-36)14-23(33(37)38)13-22-15-30-31(45-20-44-30)17-28(22)42-3;1-4-5-10-32-35-18-24(14-23(33(37)38)13-22-15-30-31(45-20-44-30)17-28(22)42-3)36(32)27-12-11-25(41-2)16-29(27)43-19-21-8-6-7-9-26(21)34(39)40;1-4-5-12-35-19-43-31(15-23(33(36)37)13-22-14-29-30(45-20-44-29)17-27(22)41-3)32(35)26-11-10-24(40-2)16-28(26)42-18-21-8-6-7-9-25(21)34(38)39/h6-11,14-18H,4-5,12-13,19-20H2,1-3H3,(H,37,38)(H,39,40);6-9,11-12,14-18H,4-5,10,13,19-20H2,1-3H3,(H,37,38)(H,39,40);6-11,14-17,19H,4-5,12-13,18,20H2,1-3H3,(H-,36,37,38,39)/p+1/b2*23-14+;23-15+. The minimum Gasteiger partial charge on any atom is -0.497 e. The molecule has 15 rings (SSSR count). The molecule has 0 spiro atoms. The molecular weight excluding hydrogens is 1740 g/mol. The third-order valence-corrected chi connectivity index (χ3v) is 22.2. The van der Waals surface area contributed by atoms with Gasteiger partial charge in [0.05, 0.1) is 94.4 Å². The molecule has 33 nitrogen and oxygen atoms in total. The molecule has 12 aromatic rings. The lowest BCUT2D eigenvalue weighted by Crippen LogP contribution is -2.33. The molecular formula is C102H102N5O28+. The number of benzene rings is 9. The van der Waals surface area contributed by atoms with E-state index in [0.29, 0.717) is 184 Å². The summed E-state index contributed by atoms with van der Waals surface area (Å²) >= 11 is 0. The first-order valence-electron chi connectivity index (χ1n) is 43.2. The van der Waals surface area contributed by atoms with Crippen LogP contribution in [0.15, 0.2) is 204 Å². The Kier molecular flexibility index (Phi) is 32.4. The monoisotopic (exact) mass is 1840 g/mol. The normalized spacial score (nSPS) is 12.2.